The number of aromatic hydroxyl groups is 1. The number of hydrogen-bond acceptors (Lipinski definition) is 2. The third kappa shape index (κ3) is 1.16. The van der Waals surface area contributed by atoms with Gasteiger partial charge in [0, 0.05) is 5.69 Å². The van der Waals surface area contributed by atoms with Crippen molar-refractivity contribution in [2.45, 2.75) is 6.92 Å². The smallest absolute Gasteiger partial charge is 0.134 e. The highest BCUT2D eigenvalue weighted by atomic mass is 35.5. The van der Waals surface area contributed by atoms with Crippen LogP contribution in [0.15, 0.2) is 12.1 Å². The number of halogens is 1. The second kappa shape index (κ2) is 2.39. The lowest BCUT2D eigenvalue weighted by Gasteiger charge is -2.01. The Labute approximate surface area is 64.2 Å². The maximum atomic E-state index is 9.04. The van der Waals surface area contributed by atoms with Gasteiger partial charge in [-0.05, 0) is 24.6 Å². The molecule has 54 valence electrons. The summed E-state index contributed by atoms with van der Waals surface area (Å²) in [5, 5.41) is 9.33. The van der Waals surface area contributed by atoms with Gasteiger partial charge in [0.25, 0.3) is 0 Å². The fraction of sp³-hybridized carbons (Fsp3) is 0.143. The monoisotopic (exact) mass is 157 g/mol. The second-order valence-electron chi connectivity index (χ2n) is 2.16. The maximum Gasteiger partial charge on any atom is 0.134 e. The van der Waals surface area contributed by atoms with Gasteiger partial charge in [-0.3, -0.25) is 0 Å². The zero-order valence-corrected chi connectivity index (χ0v) is 6.31. The Bertz CT molecular complexity index is 210. The lowest BCUT2D eigenvalue weighted by atomic mass is 10.2. The molecule has 0 unspecified atom stereocenters. The molecule has 0 fully saturated rings. The number of hydrogen-bond donors (Lipinski definition) is 2. The lowest BCUT2D eigenvalue weighted by Crippen LogP contribution is -1.88. The summed E-state index contributed by atoms with van der Waals surface area (Å²) in [5.74, 6) is 0.0772. The van der Waals surface area contributed by atoms with Gasteiger partial charge in [-0.2, -0.15) is 0 Å². The molecule has 0 saturated carbocycles. The topological polar surface area (TPSA) is 46.2 Å². The summed E-state index contributed by atoms with van der Waals surface area (Å²) in [7, 11) is 0. The van der Waals surface area contributed by atoms with Crippen LogP contribution < -0.4 is 5.73 Å². The van der Waals surface area contributed by atoms with E-state index in [0.717, 1.165) is 5.56 Å². The Morgan fingerprint density at radius 3 is 2.60 bits per heavy atom. The van der Waals surface area contributed by atoms with E-state index in [1.165, 1.54) is 12.1 Å². The largest absolute Gasteiger partial charge is 0.506 e. The van der Waals surface area contributed by atoms with Crippen LogP contribution in [0.3, 0.4) is 0 Å². The Balaban J connectivity index is 3.28. The van der Waals surface area contributed by atoms with E-state index in [-0.39, 0.29) is 5.75 Å². The number of nitrogens with two attached hydrogens (primary N) is 1. The molecule has 0 aliphatic carbocycles. The normalized spacial score (nSPS) is 9.80. The molecule has 3 N–H and O–H groups in total. The minimum absolute atomic E-state index is 0.0772. The molecule has 0 heterocycles. The molecule has 0 aliphatic heterocycles. The highest BCUT2D eigenvalue weighted by molar-refractivity contribution is 6.32. The minimum atomic E-state index is 0.0772. The van der Waals surface area contributed by atoms with Crippen molar-refractivity contribution in [3.05, 3.63) is 22.7 Å². The van der Waals surface area contributed by atoms with Crippen LogP contribution in [0.25, 0.3) is 0 Å². The highest BCUT2D eigenvalue weighted by Gasteiger charge is 2.00. The highest BCUT2D eigenvalue weighted by Crippen LogP contribution is 2.27. The molecule has 2 nitrogen and oxygen atoms in total. The van der Waals surface area contributed by atoms with E-state index in [1.54, 1.807) is 0 Å². The summed E-state index contributed by atoms with van der Waals surface area (Å²) in [6, 6.07) is 3.07. The maximum absolute atomic E-state index is 9.04. The van der Waals surface area contributed by atoms with Gasteiger partial charge in [0.15, 0.2) is 0 Å². The third-order valence-electron chi connectivity index (χ3n) is 1.34. The van der Waals surface area contributed by atoms with Crippen LogP contribution in [0, 0.1) is 6.92 Å². The molecular formula is C7H8ClNO. The molecular weight excluding hydrogens is 150 g/mol. The predicted molar refractivity (Wildman–Crippen MR) is 42.3 cm³/mol. The van der Waals surface area contributed by atoms with Gasteiger partial charge >= 0.3 is 0 Å². The van der Waals surface area contributed by atoms with Gasteiger partial charge in [-0.15, -0.1) is 0 Å². The van der Waals surface area contributed by atoms with Crippen molar-refractivity contribution in [3.63, 3.8) is 0 Å². The number of benzene rings is 1. The van der Waals surface area contributed by atoms with Gasteiger partial charge in [0.05, 0.1) is 5.02 Å². The molecule has 0 radical (unpaired) electrons. The van der Waals surface area contributed by atoms with Crippen LogP contribution in [-0.4, -0.2) is 5.11 Å². The average molecular weight is 158 g/mol. The number of phenolic OH excluding ortho intramolecular Hbond substituents is 1. The number of aryl methyl sites for hydroxylation is 1. The molecule has 1 aromatic rings. The lowest BCUT2D eigenvalue weighted by molar-refractivity contribution is 0.475. The van der Waals surface area contributed by atoms with Crippen molar-refractivity contribution in [3.8, 4) is 5.75 Å². The summed E-state index contributed by atoms with van der Waals surface area (Å²) in [5.41, 5.74) is 6.93. The minimum Gasteiger partial charge on any atom is -0.506 e. The zero-order valence-electron chi connectivity index (χ0n) is 5.56. The van der Waals surface area contributed by atoms with Crippen molar-refractivity contribution in [1.29, 1.82) is 0 Å². The average Bonchev–Trinajstić information content (AvgIpc) is 1.84. The van der Waals surface area contributed by atoms with Crippen molar-refractivity contribution in [2.75, 3.05) is 5.73 Å². The van der Waals surface area contributed by atoms with Crippen LogP contribution in [0.4, 0.5) is 5.69 Å². The molecule has 0 saturated heterocycles. The number of anilines is 1. The molecule has 0 bridgehead atoms. The summed E-state index contributed by atoms with van der Waals surface area (Å²) in [6.45, 7) is 1.81. The van der Waals surface area contributed by atoms with E-state index in [1.807, 2.05) is 6.92 Å². The van der Waals surface area contributed by atoms with Gasteiger partial charge in [-0.25, -0.2) is 0 Å². The molecule has 0 spiro atoms. The summed E-state index contributed by atoms with van der Waals surface area (Å²) in [6.07, 6.45) is 0. The summed E-state index contributed by atoms with van der Waals surface area (Å²) < 4.78 is 0. The van der Waals surface area contributed by atoms with Gasteiger partial charge in [0.2, 0.25) is 0 Å². The van der Waals surface area contributed by atoms with Crippen LogP contribution in [0.2, 0.25) is 5.02 Å². The Hall–Kier alpha value is -0.890. The fourth-order valence-electron chi connectivity index (χ4n) is 0.682. The van der Waals surface area contributed by atoms with E-state index in [9.17, 15) is 0 Å². The second-order valence-corrected chi connectivity index (χ2v) is 2.57. The van der Waals surface area contributed by atoms with Crippen LogP contribution >= 0.6 is 11.6 Å². The summed E-state index contributed by atoms with van der Waals surface area (Å²) >= 11 is 5.56. The van der Waals surface area contributed by atoms with E-state index in [2.05, 4.69) is 0 Å². The fourth-order valence-corrected chi connectivity index (χ4v) is 0.854. The summed E-state index contributed by atoms with van der Waals surface area (Å²) in [4.78, 5) is 0. The molecule has 0 atom stereocenters. The first kappa shape index (κ1) is 7.22. The molecule has 0 amide bonds. The zero-order chi connectivity index (χ0) is 7.72. The van der Waals surface area contributed by atoms with Crippen molar-refractivity contribution >= 4 is 17.3 Å². The van der Waals surface area contributed by atoms with E-state index in [0.29, 0.717) is 10.7 Å². The number of nitrogen functional groups attached to an aromatic ring is 1. The first-order valence-electron chi connectivity index (χ1n) is 2.86. The molecule has 1 aromatic carbocycles. The van der Waals surface area contributed by atoms with E-state index in [4.69, 9.17) is 22.4 Å². The van der Waals surface area contributed by atoms with Crippen LogP contribution in [-0.2, 0) is 0 Å². The molecule has 1 rings (SSSR count). The quantitative estimate of drug-likeness (QED) is 0.447. The Morgan fingerprint density at radius 1 is 1.50 bits per heavy atom. The Kier molecular flexibility index (Phi) is 1.72. The number of phenols is 1. The van der Waals surface area contributed by atoms with Gasteiger partial charge in [0.1, 0.15) is 5.75 Å². The van der Waals surface area contributed by atoms with E-state index < -0.39 is 0 Å². The number of rotatable bonds is 0. The first-order valence-corrected chi connectivity index (χ1v) is 3.23. The first-order chi connectivity index (χ1) is 4.61. The van der Waals surface area contributed by atoms with Crippen molar-refractivity contribution in [2.24, 2.45) is 0 Å². The van der Waals surface area contributed by atoms with Crippen molar-refractivity contribution < 1.29 is 5.11 Å². The molecule has 0 aromatic heterocycles. The SMILES string of the molecule is Cc1cc(O)c(Cl)cc1N. The van der Waals surface area contributed by atoms with Crippen LogP contribution in [0.1, 0.15) is 5.56 Å². The predicted octanol–water partition coefficient (Wildman–Crippen LogP) is 1.94. The van der Waals surface area contributed by atoms with Gasteiger partial charge < -0.3 is 10.8 Å². The molecule has 0 aliphatic rings. The van der Waals surface area contributed by atoms with E-state index >= 15 is 0 Å². The van der Waals surface area contributed by atoms with Crippen LogP contribution in [0.5, 0.6) is 5.75 Å². The molecule has 10 heavy (non-hydrogen) atoms. The van der Waals surface area contributed by atoms with Crippen molar-refractivity contribution in [1.82, 2.24) is 0 Å². The Morgan fingerprint density at radius 2 is 2.10 bits per heavy atom. The third-order valence-corrected chi connectivity index (χ3v) is 1.64. The molecule has 3 heteroatoms. The standard InChI is InChI=1S/C7H8ClNO/c1-4-2-7(10)5(8)3-6(4)9/h2-3,10H,9H2,1H3. The van der Waals surface area contributed by atoms with Gasteiger partial charge in [-0.1, -0.05) is 11.6 Å².